The lowest BCUT2D eigenvalue weighted by molar-refractivity contribution is 0.305. The van der Waals surface area contributed by atoms with Crippen LogP contribution in [0.1, 0.15) is 32.1 Å². The van der Waals surface area contributed by atoms with E-state index in [0.29, 0.717) is 5.69 Å². The van der Waals surface area contributed by atoms with Crippen LogP contribution in [0.3, 0.4) is 0 Å². The van der Waals surface area contributed by atoms with Gasteiger partial charge < -0.3 is 11.5 Å². The number of benzene rings is 2. The average Bonchev–Trinajstić information content (AvgIpc) is 2.70. The SMILES string of the molecule is NC1=NC2(CCCCC2)N(c2ccc(S(=O)(=O)Nc3ccccc3F)cc2)C(N)=N1. The van der Waals surface area contributed by atoms with Crippen LogP contribution in [0.5, 0.6) is 0 Å². The molecule has 30 heavy (non-hydrogen) atoms. The molecule has 0 amide bonds. The first kappa shape index (κ1) is 20.1. The molecule has 158 valence electrons. The topological polar surface area (TPSA) is 126 Å². The second-order valence-electron chi connectivity index (χ2n) is 7.40. The maximum atomic E-state index is 13.8. The molecule has 5 N–H and O–H groups in total. The lowest BCUT2D eigenvalue weighted by Crippen LogP contribution is -2.58. The Balaban J connectivity index is 1.64. The Kier molecular flexibility index (Phi) is 5.10. The predicted octanol–water partition coefficient (Wildman–Crippen LogP) is 2.74. The van der Waals surface area contributed by atoms with Gasteiger partial charge in [-0.3, -0.25) is 9.62 Å². The first-order chi connectivity index (χ1) is 14.3. The molecule has 0 bridgehead atoms. The van der Waals surface area contributed by atoms with Crippen LogP contribution in [0.4, 0.5) is 15.8 Å². The van der Waals surface area contributed by atoms with Crippen LogP contribution in [-0.2, 0) is 10.0 Å². The number of anilines is 2. The normalized spacial score (nSPS) is 18.6. The van der Waals surface area contributed by atoms with E-state index in [-0.39, 0.29) is 22.5 Å². The number of hydrogen-bond acceptors (Lipinski definition) is 7. The summed E-state index contributed by atoms with van der Waals surface area (Å²) >= 11 is 0. The molecule has 8 nitrogen and oxygen atoms in total. The van der Waals surface area contributed by atoms with Crippen molar-refractivity contribution in [3.05, 3.63) is 54.3 Å². The summed E-state index contributed by atoms with van der Waals surface area (Å²) in [6, 6.07) is 11.8. The van der Waals surface area contributed by atoms with Gasteiger partial charge in [0, 0.05) is 5.69 Å². The van der Waals surface area contributed by atoms with Crippen LogP contribution >= 0.6 is 0 Å². The summed E-state index contributed by atoms with van der Waals surface area (Å²) in [6.45, 7) is 0. The van der Waals surface area contributed by atoms with Crippen molar-refractivity contribution in [1.29, 1.82) is 0 Å². The lowest BCUT2D eigenvalue weighted by atomic mass is 9.87. The third-order valence-electron chi connectivity index (χ3n) is 5.37. The smallest absolute Gasteiger partial charge is 0.261 e. The number of aliphatic imine (C=N–C) groups is 2. The van der Waals surface area contributed by atoms with E-state index in [1.165, 1.54) is 30.3 Å². The Hall–Kier alpha value is -3.14. The highest BCUT2D eigenvalue weighted by molar-refractivity contribution is 7.92. The maximum absolute atomic E-state index is 13.8. The van der Waals surface area contributed by atoms with E-state index in [1.54, 1.807) is 18.2 Å². The van der Waals surface area contributed by atoms with Crippen LogP contribution in [0.15, 0.2) is 63.4 Å². The van der Waals surface area contributed by atoms with Gasteiger partial charge in [-0.25, -0.2) is 17.8 Å². The van der Waals surface area contributed by atoms with Crippen molar-refractivity contribution in [3.8, 4) is 0 Å². The number of nitrogens with zero attached hydrogens (tertiary/aromatic N) is 3. The minimum Gasteiger partial charge on any atom is -0.369 e. The lowest BCUT2D eigenvalue weighted by Gasteiger charge is -2.45. The minimum absolute atomic E-state index is 0.00253. The van der Waals surface area contributed by atoms with Crippen molar-refractivity contribution in [2.75, 3.05) is 9.62 Å². The van der Waals surface area contributed by atoms with E-state index in [4.69, 9.17) is 11.5 Å². The third-order valence-corrected chi connectivity index (χ3v) is 6.76. The summed E-state index contributed by atoms with van der Waals surface area (Å²) in [5.41, 5.74) is 12.0. The standard InChI is InChI=1S/C20H23FN6O2S/c21-16-6-2-3-7-17(16)26-30(28,29)15-10-8-14(9-11-15)27-19(23)24-18(22)25-20(27)12-4-1-5-13-20/h2-3,6-11,26H,1,4-5,12-13H2,(H4,22,23,24,25). The number of guanidine groups is 2. The molecule has 0 radical (unpaired) electrons. The Morgan fingerprint density at radius 3 is 2.33 bits per heavy atom. The molecule has 2 aromatic rings. The number of sulfonamides is 1. The number of nitrogens with one attached hydrogen (secondary N) is 1. The zero-order chi connectivity index (χ0) is 21.4. The van der Waals surface area contributed by atoms with Crippen molar-refractivity contribution < 1.29 is 12.8 Å². The number of para-hydroxylation sites is 1. The Morgan fingerprint density at radius 2 is 1.67 bits per heavy atom. The zero-order valence-corrected chi connectivity index (χ0v) is 17.1. The van der Waals surface area contributed by atoms with Gasteiger partial charge in [0.1, 0.15) is 11.5 Å². The fourth-order valence-corrected chi connectivity index (χ4v) is 5.08. The molecular formula is C20H23FN6O2S. The molecule has 10 heteroatoms. The fourth-order valence-electron chi connectivity index (χ4n) is 4.02. The van der Waals surface area contributed by atoms with Gasteiger partial charge in [0.05, 0.1) is 10.6 Å². The molecule has 1 saturated carbocycles. The molecule has 1 fully saturated rings. The van der Waals surface area contributed by atoms with E-state index in [2.05, 4.69) is 14.7 Å². The summed E-state index contributed by atoms with van der Waals surface area (Å²) in [5, 5.41) is 0. The van der Waals surface area contributed by atoms with Gasteiger partial charge in [-0.1, -0.05) is 18.6 Å². The fraction of sp³-hybridized carbons (Fsp3) is 0.300. The van der Waals surface area contributed by atoms with Crippen molar-refractivity contribution in [1.82, 2.24) is 0 Å². The van der Waals surface area contributed by atoms with E-state index < -0.39 is 21.5 Å². The minimum atomic E-state index is -3.96. The highest BCUT2D eigenvalue weighted by atomic mass is 32.2. The highest BCUT2D eigenvalue weighted by Crippen LogP contribution is 2.39. The zero-order valence-electron chi connectivity index (χ0n) is 16.3. The molecule has 1 aliphatic carbocycles. The monoisotopic (exact) mass is 430 g/mol. The summed E-state index contributed by atoms with van der Waals surface area (Å²) < 4.78 is 41.4. The molecule has 2 aromatic carbocycles. The molecule has 4 rings (SSSR count). The van der Waals surface area contributed by atoms with Crippen LogP contribution in [0.2, 0.25) is 0 Å². The average molecular weight is 431 g/mol. The summed E-state index contributed by atoms with van der Waals surface area (Å²) in [7, 11) is -3.96. The molecular weight excluding hydrogens is 407 g/mol. The van der Waals surface area contributed by atoms with Gasteiger partial charge in [-0.05, 0) is 62.1 Å². The van der Waals surface area contributed by atoms with Gasteiger partial charge in [-0.15, -0.1) is 0 Å². The maximum Gasteiger partial charge on any atom is 0.261 e. The number of nitrogens with two attached hydrogens (primary N) is 2. The van der Waals surface area contributed by atoms with Gasteiger partial charge in [-0.2, -0.15) is 4.99 Å². The van der Waals surface area contributed by atoms with E-state index in [9.17, 15) is 12.8 Å². The van der Waals surface area contributed by atoms with Crippen molar-refractivity contribution >= 4 is 33.3 Å². The first-order valence-electron chi connectivity index (χ1n) is 9.68. The summed E-state index contributed by atoms with van der Waals surface area (Å²) in [5.74, 6) is -0.270. The first-order valence-corrected chi connectivity index (χ1v) is 11.2. The summed E-state index contributed by atoms with van der Waals surface area (Å²) in [6.07, 6.45) is 4.64. The quantitative estimate of drug-likeness (QED) is 0.687. The molecule has 2 aliphatic rings. The van der Waals surface area contributed by atoms with Gasteiger partial charge in [0.2, 0.25) is 11.9 Å². The number of halogens is 1. The van der Waals surface area contributed by atoms with Gasteiger partial charge in [0.15, 0.2) is 0 Å². The number of hydrogen-bond donors (Lipinski definition) is 3. The molecule has 0 unspecified atom stereocenters. The third kappa shape index (κ3) is 3.70. The van der Waals surface area contributed by atoms with Crippen LogP contribution in [0, 0.1) is 5.82 Å². The molecule has 0 saturated heterocycles. The molecule has 1 spiro atoms. The van der Waals surface area contributed by atoms with Crippen LogP contribution < -0.4 is 21.1 Å². The van der Waals surface area contributed by atoms with Crippen LogP contribution in [0.25, 0.3) is 0 Å². The molecule has 0 aromatic heterocycles. The van der Waals surface area contributed by atoms with Gasteiger partial charge in [0.25, 0.3) is 10.0 Å². The Morgan fingerprint density at radius 1 is 1.00 bits per heavy atom. The Labute approximate surface area is 174 Å². The molecule has 1 aliphatic heterocycles. The number of rotatable bonds is 4. The van der Waals surface area contributed by atoms with E-state index in [0.717, 1.165) is 32.1 Å². The second kappa shape index (κ2) is 7.60. The predicted molar refractivity (Wildman–Crippen MR) is 115 cm³/mol. The summed E-state index contributed by atoms with van der Waals surface area (Å²) in [4.78, 5) is 10.5. The highest BCUT2D eigenvalue weighted by Gasteiger charge is 2.42. The van der Waals surface area contributed by atoms with E-state index in [1.807, 2.05) is 4.90 Å². The largest absolute Gasteiger partial charge is 0.369 e. The van der Waals surface area contributed by atoms with E-state index >= 15 is 0 Å². The van der Waals surface area contributed by atoms with Crippen molar-refractivity contribution in [2.45, 2.75) is 42.7 Å². The molecule has 1 heterocycles. The van der Waals surface area contributed by atoms with Crippen molar-refractivity contribution in [3.63, 3.8) is 0 Å². The second-order valence-corrected chi connectivity index (χ2v) is 9.08. The van der Waals surface area contributed by atoms with Crippen LogP contribution in [-0.4, -0.2) is 26.0 Å². The molecule has 0 atom stereocenters. The van der Waals surface area contributed by atoms with Gasteiger partial charge >= 0.3 is 0 Å². The van der Waals surface area contributed by atoms with Crippen molar-refractivity contribution in [2.24, 2.45) is 21.5 Å². The Bertz CT molecular complexity index is 1110.